The van der Waals surface area contributed by atoms with Crippen molar-refractivity contribution in [2.24, 2.45) is 0 Å². The standard InChI is InChI=1S/C24H23F4N9O2S/c25-23(26)36-8-5-18(35-36)17-12-30-21(9-19(17)32-15-3-6-24(27,28)10-15)33-20-4-7-29-22(34-20)14-11-31-37(13-14)40(38,39)16-1-2-16/h4-5,7-9,11-13,15-16,23H,1-3,6,10H2,(H2,29,30,32,33,34). The molecule has 4 aromatic rings. The fourth-order valence-electron chi connectivity index (χ4n) is 4.51. The van der Waals surface area contributed by atoms with E-state index in [0.29, 0.717) is 46.0 Å². The predicted octanol–water partition coefficient (Wildman–Crippen LogP) is 4.68. The second-order valence-electron chi connectivity index (χ2n) is 9.75. The minimum absolute atomic E-state index is 0.203. The number of nitrogens with zero attached hydrogens (tertiary/aromatic N) is 7. The van der Waals surface area contributed by atoms with Crippen LogP contribution < -0.4 is 10.6 Å². The third kappa shape index (κ3) is 5.35. The maximum absolute atomic E-state index is 13.8. The summed E-state index contributed by atoms with van der Waals surface area (Å²) < 4.78 is 80.2. The first-order chi connectivity index (χ1) is 19.1. The number of hydrogen-bond acceptors (Lipinski definition) is 9. The number of hydrogen-bond donors (Lipinski definition) is 2. The maximum Gasteiger partial charge on any atom is 0.333 e. The summed E-state index contributed by atoms with van der Waals surface area (Å²) in [6.07, 6.45) is 7.57. The Balaban J connectivity index is 1.27. The average molecular weight is 578 g/mol. The van der Waals surface area contributed by atoms with Crippen LogP contribution in [-0.2, 0) is 10.0 Å². The van der Waals surface area contributed by atoms with Gasteiger partial charge in [0.05, 0.1) is 28.9 Å². The summed E-state index contributed by atoms with van der Waals surface area (Å²) in [7, 11) is -3.54. The van der Waals surface area contributed by atoms with Crippen molar-refractivity contribution in [3.8, 4) is 22.6 Å². The molecule has 11 nitrogen and oxygen atoms in total. The highest BCUT2D eigenvalue weighted by Crippen LogP contribution is 2.38. The van der Waals surface area contributed by atoms with E-state index in [-0.39, 0.29) is 30.8 Å². The molecule has 16 heteroatoms. The summed E-state index contributed by atoms with van der Waals surface area (Å²) in [5.41, 5.74) is 1.36. The molecule has 2 aliphatic carbocycles. The minimum Gasteiger partial charge on any atom is -0.381 e. The van der Waals surface area contributed by atoms with E-state index >= 15 is 0 Å². The first-order valence-corrected chi connectivity index (χ1v) is 14.0. The van der Waals surface area contributed by atoms with Crippen molar-refractivity contribution in [3.05, 3.63) is 49.2 Å². The van der Waals surface area contributed by atoms with E-state index in [2.05, 4.69) is 35.8 Å². The Hall–Kier alpha value is -4.08. The van der Waals surface area contributed by atoms with Gasteiger partial charge in [0.25, 0.3) is 10.0 Å². The summed E-state index contributed by atoms with van der Waals surface area (Å²) >= 11 is 0. The van der Waals surface area contributed by atoms with Gasteiger partial charge in [0.2, 0.25) is 5.92 Å². The van der Waals surface area contributed by atoms with Crippen LogP contribution in [0, 0.1) is 0 Å². The quantitative estimate of drug-likeness (QED) is 0.272. The monoisotopic (exact) mass is 577 g/mol. The van der Waals surface area contributed by atoms with E-state index in [4.69, 9.17) is 0 Å². The van der Waals surface area contributed by atoms with Gasteiger partial charge < -0.3 is 10.6 Å². The molecule has 1 unspecified atom stereocenters. The molecule has 4 aromatic heterocycles. The lowest BCUT2D eigenvalue weighted by atomic mass is 10.1. The molecule has 210 valence electrons. The van der Waals surface area contributed by atoms with Crippen LogP contribution in [0.4, 0.5) is 34.9 Å². The molecule has 2 fully saturated rings. The third-order valence-electron chi connectivity index (χ3n) is 6.69. The molecule has 6 rings (SSSR count). The number of pyridine rings is 1. The van der Waals surface area contributed by atoms with E-state index in [9.17, 15) is 26.0 Å². The van der Waals surface area contributed by atoms with Crippen LogP contribution in [-0.4, -0.2) is 59.6 Å². The first-order valence-electron chi connectivity index (χ1n) is 12.4. The number of anilines is 3. The summed E-state index contributed by atoms with van der Waals surface area (Å²) in [4.78, 5) is 13.0. The van der Waals surface area contributed by atoms with Gasteiger partial charge >= 0.3 is 6.55 Å². The normalized spacial score (nSPS) is 18.8. The number of alkyl halides is 4. The molecular formula is C24H23F4N9O2S. The zero-order chi connectivity index (χ0) is 28.1. The second kappa shape index (κ2) is 9.83. The molecule has 0 spiro atoms. The SMILES string of the molecule is O=S(=O)(C1CC1)n1cc(-c2nccc(Nc3cc(NC4CCC(F)(F)C4)c(-c4ccn(C(F)F)n4)cn3)n2)cn1. The fourth-order valence-corrected chi connectivity index (χ4v) is 5.98. The van der Waals surface area contributed by atoms with Crippen molar-refractivity contribution < 1.29 is 26.0 Å². The van der Waals surface area contributed by atoms with Crippen LogP contribution in [0.5, 0.6) is 0 Å². The molecule has 0 radical (unpaired) electrons. The zero-order valence-corrected chi connectivity index (χ0v) is 21.6. The Bertz CT molecular complexity index is 1650. The van der Waals surface area contributed by atoms with Crippen LogP contribution in [0.15, 0.2) is 49.2 Å². The van der Waals surface area contributed by atoms with Crippen LogP contribution in [0.1, 0.15) is 38.7 Å². The van der Waals surface area contributed by atoms with Gasteiger partial charge in [-0.3, -0.25) is 0 Å². The lowest BCUT2D eigenvalue weighted by molar-refractivity contribution is 0.00851. The van der Waals surface area contributed by atoms with Crippen LogP contribution in [0.25, 0.3) is 22.6 Å². The molecule has 0 saturated heterocycles. The topological polar surface area (TPSA) is 133 Å². The molecule has 1 atom stereocenters. The molecule has 2 N–H and O–H groups in total. The molecule has 0 aromatic carbocycles. The molecule has 2 aliphatic rings. The van der Waals surface area contributed by atoms with Crippen molar-refractivity contribution in [2.45, 2.75) is 55.9 Å². The maximum atomic E-state index is 13.8. The van der Waals surface area contributed by atoms with Gasteiger partial charge in [-0.15, -0.1) is 0 Å². The Kier molecular flexibility index (Phi) is 6.43. The zero-order valence-electron chi connectivity index (χ0n) is 20.8. The van der Waals surface area contributed by atoms with Crippen molar-refractivity contribution in [1.82, 2.24) is 33.9 Å². The van der Waals surface area contributed by atoms with E-state index in [1.807, 2.05) is 0 Å². The summed E-state index contributed by atoms with van der Waals surface area (Å²) in [5.74, 6) is -1.95. The van der Waals surface area contributed by atoms with Gasteiger partial charge in [-0.2, -0.15) is 23.1 Å². The Morgan fingerprint density at radius 1 is 1.07 bits per heavy atom. The van der Waals surface area contributed by atoms with E-state index in [0.717, 1.165) is 10.3 Å². The van der Waals surface area contributed by atoms with Gasteiger partial charge in [-0.05, 0) is 31.4 Å². The van der Waals surface area contributed by atoms with Crippen LogP contribution in [0.2, 0.25) is 0 Å². The van der Waals surface area contributed by atoms with Gasteiger partial charge in [0.1, 0.15) is 11.6 Å². The largest absolute Gasteiger partial charge is 0.381 e. The van der Waals surface area contributed by atoms with Crippen molar-refractivity contribution >= 4 is 27.3 Å². The van der Waals surface area contributed by atoms with Gasteiger partial charge in [0, 0.05) is 54.8 Å². The minimum atomic E-state index is -3.54. The van der Waals surface area contributed by atoms with Gasteiger partial charge in [0.15, 0.2) is 5.82 Å². The van der Waals surface area contributed by atoms with Crippen LogP contribution in [0.3, 0.4) is 0 Å². The molecule has 40 heavy (non-hydrogen) atoms. The summed E-state index contributed by atoms with van der Waals surface area (Å²) in [6, 6.07) is 4.00. The number of rotatable bonds is 9. The average Bonchev–Trinajstić information content (AvgIpc) is 3.30. The first kappa shape index (κ1) is 26.2. The fraction of sp³-hybridized carbons (Fsp3) is 0.375. The van der Waals surface area contributed by atoms with Crippen molar-refractivity contribution in [3.63, 3.8) is 0 Å². The number of aromatic nitrogens is 7. The smallest absolute Gasteiger partial charge is 0.333 e. The lowest BCUT2D eigenvalue weighted by Gasteiger charge is -2.18. The number of nitrogens with one attached hydrogen (secondary N) is 2. The van der Waals surface area contributed by atoms with Gasteiger partial charge in [-0.1, -0.05) is 0 Å². The Morgan fingerprint density at radius 3 is 2.60 bits per heavy atom. The van der Waals surface area contributed by atoms with Gasteiger partial charge in [-0.25, -0.2) is 36.8 Å². The highest BCUT2D eigenvalue weighted by molar-refractivity contribution is 7.90. The molecule has 0 amide bonds. The highest BCUT2D eigenvalue weighted by Gasteiger charge is 2.40. The molecule has 0 bridgehead atoms. The number of halogens is 4. The lowest BCUT2D eigenvalue weighted by Crippen LogP contribution is -2.19. The predicted molar refractivity (Wildman–Crippen MR) is 137 cm³/mol. The molecule has 4 heterocycles. The van der Waals surface area contributed by atoms with Crippen LogP contribution >= 0.6 is 0 Å². The second-order valence-corrected chi connectivity index (χ2v) is 11.8. The van der Waals surface area contributed by atoms with E-state index in [1.165, 1.54) is 30.9 Å². The highest BCUT2D eigenvalue weighted by atomic mass is 32.2. The summed E-state index contributed by atoms with van der Waals surface area (Å²) in [5, 5.41) is 13.5. The Morgan fingerprint density at radius 2 is 1.90 bits per heavy atom. The third-order valence-corrected chi connectivity index (χ3v) is 8.72. The van der Waals surface area contributed by atoms with E-state index in [1.54, 1.807) is 12.1 Å². The summed E-state index contributed by atoms with van der Waals surface area (Å²) in [6.45, 7) is -2.83. The molecule has 0 aliphatic heterocycles. The Labute approximate surface area is 225 Å². The van der Waals surface area contributed by atoms with E-state index < -0.39 is 33.8 Å². The molecular weight excluding hydrogens is 554 g/mol. The van der Waals surface area contributed by atoms with Crippen molar-refractivity contribution in [1.29, 1.82) is 0 Å². The van der Waals surface area contributed by atoms with Crippen molar-refractivity contribution in [2.75, 3.05) is 10.6 Å². The molecule has 2 saturated carbocycles.